The number of nitro groups is 1. The first-order chi connectivity index (χ1) is 10.1. The molecule has 1 aliphatic heterocycles. The second-order valence-corrected chi connectivity index (χ2v) is 5.36. The molecular formula is C14H23N5O2. The van der Waals surface area contributed by atoms with Gasteiger partial charge in [0, 0.05) is 44.8 Å². The van der Waals surface area contributed by atoms with Gasteiger partial charge in [0.2, 0.25) is 0 Å². The summed E-state index contributed by atoms with van der Waals surface area (Å²) >= 11 is 0. The van der Waals surface area contributed by atoms with Gasteiger partial charge in [0.25, 0.3) is 5.69 Å². The predicted molar refractivity (Wildman–Crippen MR) is 82.5 cm³/mol. The Hall–Kier alpha value is -1.73. The first-order valence-corrected chi connectivity index (χ1v) is 7.41. The van der Waals surface area contributed by atoms with Gasteiger partial charge in [0.15, 0.2) is 0 Å². The predicted octanol–water partition coefficient (Wildman–Crippen LogP) is 1.43. The first kappa shape index (κ1) is 15.7. The highest BCUT2D eigenvalue weighted by Crippen LogP contribution is 2.12. The van der Waals surface area contributed by atoms with Crippen LogP contribution in [0.15, 0.2) is 18.3 Å². The highest BCUT2D eigenvalue weighted by atomic mass is 16.6. The zero-order valence-corrected chi connectivity index (χ0v) is 12.7. The van der Waals surface area contributed by atoms with Crippen LogP contribution in [0.4, 0.5) is 11.5 Å². The number of piperazine rings is 1. The van der Waals surface area contributed by atoms with Gasteiger partial charge in [-0.3, -0.25) is 15.0 Å². The monoisotopic (exact) mass is 293 g/mol. The van der Waals surface area contributed by atoms with Crippen molar-refractivity contribution in [3.8, 4) is 0 Å². The number of pyridine rings is 1. The standard InChI is InChI=1S/C14H23N5O2/c1-3-17-6-8-18(9-7-17)12(2)10-15-14-5-4-13(11-16-14)19(20)21/h4-5,11-12H,3,6-10H2,1-2H3,(H,15,16). The SMILES string of the molecule is CCN1CCN(C(C)CNc2ccc([N+](=O)[O-])cn2)CC1. The van der Waals surface area contributed by atoms with Crippen molar-refractivity contribution < 1.29 is 4.92 Å². The second-order valence-electron chi connectivity index (χ2n) is 5.36. The van der Waals surface area contributed by atoms with E-state index in [0.717, 1.165) is 39.3 Å². The van der Waals surface area contributed by atoms with Gasteiger partial charge in [-0.1, -0.05) is 6.92 Å². The average molecular weight is 293 g/mol. The van der Waals surface area contributed by atoms with Crippen molar-refractivity contribution >= 4 is 11.5 Å². The van der Waals surface area contributed by atoms with Crippen molar-refractivity contribution in [3.05, 3.63) is 28.4 Å². The summed E-state index contributed by atoms with van der Waals surface area (Å²) in [6.07, 6.45) is 1.28. The molecule has 0 aliphatic carbocycles. The Kier molecular flexibility index (Phi) is 5.46. The number of hydrogen-bond acceptors (Lipinski definition) is 6. The minimum Gasteiger partial charge on any atom is -0.369 e. The minimum absolute atomic E-state index is 0.0179. The summed E-state index contributed by atoms with van der Waals surface area (Å²) in [5.41, 5.74) is 0.0179. The lowest BCUT2D eigenvalue weighted by Crippen LogP contribution is -2.51. The summed E-state index contributed by atoms with van der Waals surface area (Å²) in [6.45, 7) is 10.7. The molecule has 1 N–H and O–H groups in total. The van der Waals surface area contributed by atoms with E-state index in [9.17, 15) is 10.1 Å². The molecule has 1 atom stereocenters. The van der Waals surface area contributed by atoms with Gasteiger partial charge in [-0.15, -0.1) is 0 Å². The summed E-state index contributed by atoms with van der Waals surface area (Å²) in [5, 5.41) is 13.8. The van der Waals surface area contributed by atoms with E-state index >= 15 is 0 Å². The van der Waals surface area contributed by atoms with Crippen LogP contribution in [-0.4, -0.2) is 65.0 Å². The normalized spacial score (nSPS) is 18.4. The number of likely N-dealkylation sites (N-methyl/N-ethyl adjacent to an activating group) is 1. The van der Waals surface area contributed by atoms with E-state index in [1.54, 1.807) is 6.07 Å². The molecule has 21 heavy (non-hydrogen) atoms. The molecule has 0 saturated carbocycles. The third kappa shape index (κ3) is 4.37. The lowest BCUT2D eigenvalue weighted by atomic mass is 10.2. The topological polar surface area (TPSA) is 74.5 Å². The Balaban J connectivity index is 1.78. The van der Waals surface area contributed by atoms with E-state index in [2.05, 4.69) is 33.9 Å². The largest absolute Gasteiger partial charge is 0.369 e. The van der Waals surface area contributed by atoms with E-state index in [4.69, 9.17) is 0 Å². The summed E-state index contributed by atoms with van der Waals surface area (Å²) in [6, 6.07) is 3.54. The van der Waals surface area contributed by atoms with Gasteiger partial charge in [-0.2, -0.15) is 0 Å². The van der Waals surface area contributed by atoms with Crippen LogP contribution in [-0.2, 0) is 0 Å². The van der Waals surface area contributed by atoms with Crippen LogP contribution in [0.1, 0.15) is 13.8 Å². The van der Waals surface area contributed by atoms with Crippen LogP contribution in [0.25, 0.3) is 0 Å². The number of nitrogens with zero attached hydrogens (tertiary/aromatic N) is 4. The van der Waals surface area contributed by atoms with Crippen LogP contribution < -0.4 is 5.32 Å². The Bertz CT molecular complexity index is 457. The maximum atomic E-state index is 10.6. The van der Waals surface area contributed by atoms with Gasteiger partial charge in [-0.05, 0) is 19.5 Å². The molecule has 1 saturated heterocycles. The average Bonchev–Trinajstić information content (AvgIpc) is 2.53. The quantitative estimate of drug-likeness (QED) is 0.632. The molecule has 0 spiro atoms. The molecule has 1 fully saturated rings. The zero-order chi connectivity index (χ0) is 15.2. The molecule has 1 aromatic rings. The summed E-state index contributed by atoms with van der Waals surface area (Å²) in [5.74, 6) is 0.680. The molecule has 0 radical (unpaired) electrons. The molecular weight excluding hydrogens is 270 g/mol. The molecule has 116 valence electrons. The van der Waals surface area contributed by atoms with Crippen LogP contribution in [0.5, 0.6) is 0 Å². The molecule has 1 aromatic heterocycles. The van der Waals surface area contributed by atoms with Crippen molar-refractivity contribution in [3.63, 3.8) is 0 Å². The summed E-state index contributed by atoms with van der Waals surface area (Å²) in [4.78, 5) is 19.1. The van der Waals surface area contributed by atoms with Crippen molar-refractivity contribution in [2.75, 3.05) is 44.6 Å². The van der Waals surface area contributed by atoms with E-state index in [0.29, 0.717) is 11.9 Å². The Morgan fingerprint density at radius 3 is 2.62 bits per heavy atom. The molecule has 1 unspecified atom stereocenters. The first-order valence-electron chi connectivity index (χ1n) is 7.41. The lowest BCUT2D eigenvalue weighted by Gasteiger charge is -2.37. The molecule has 0 aromatic carbocycles. The fraction of sp³-hybridized carbons (Fsp3) is 0.643. The minimum atomic E-state index is -0.438. The van der Waals surface area contributed by atoms with Gasteiger partial charge in [0.05, 0.1) is 4.92 Å². The van der Waals surface area contributed by atoms with E-state index in [-0.39, 0.29) is 5.69 Å². The number of anilines is 1. The maximum Gasteiger partial charge on any atom is 0.287 e. The lowest BCUT2D eigenvalue weighted by molar-refractivity contribution is -0.385. The van der Waals surface area contributed by atoms with Crippen molar-refractivity contribution in [1.82, 2.24) is 14.8 Å². The highest BCUT2D eigenvalue weighted by Gasteiger charge is 2.19. The van der Waals surface area contributed by atoms with E-state index in [1.165, 1.54) is 12.3 Å². The number of rotatable bonds is 6. The van der Waals surface area contributed by atoms with Gasteiger partial charge < -0.3 is 10.2 Å². The fourth-order valence-electron chi connectivity index (χ4n) is 2.50. The Morgan fingerprint density at radius 2 is 2.10 bits per heavy atom. The molecule has 0 amide bonds. The van der Waals surface area contributed by atoms with Crippen LogP contribution in [0.2, 0.25) is 0 Å². The third-order valence-corrected chi connectivity index (χ3v) is 4.01. The maximum absolute atomic E-state index is 10.6. The van der Waals surface area contributed by atoms with Crippen molar-refractivity contribution in [1.29, 1.82) is 0 Å². The Morgan fingerprint density at radius 1 is 1.38 bits per heavy atom. The van der Waals surface area contributed by atoms with Gasteiger partial charge in [-0.25, -0.2) is 4.98 Å². The van der Waals surface area contributed by atoms with E-state index in [1.807, 2.05) is 0 Å². The number of hydrogen-bond donors (Lipinski definition) is 1. The molecule has 2 heterocycles. The molecule has 0 bridgehead atoms. The molecule has 7 nitrogen and oxygen atoms in total. The van der Waals surface area contributed by atoms with Crippen LogP contribution in [0.3, 0.4) is 0 Å². The molecule has 7 heteroatoms. The Labute approximate surface area is 125 Å². The fourth-order valence-corrected chi connectivity index (χ4v) is 2.50. The zero-order valence-electron chi connectivity index (χ0n) is 12.7. The highest BCUT2D eigenvalue weighted by molar-refractivity contribution is 5.40. The van der Waals surface area contributed by atoms with Gasteiger partial charge in [0.1, 0.15) is 12.0 Å². The summed E-state index contributed by atoms with van der Waals surface area (Å²) < 4.78 is 0. The summed E-state index contributed by atoms with van der Waals surface area (Å²) in [7, 11) is 0. The molecule has 2 rings (SSSR count). The molecule has 1 aliphatic rings. The van der Waals surface area contributed by atoms with Crippen molar-refractivity contribution in [2.45, 2.75) is 19.9 Å². The smallest absolute Gasteiger partial charge is 0.287 e. The van der Waals surface area contributed by atoms with Crippen molar-refractivity contribution in [2.24, 2.45) is 0 Å². The second kappa shape index (κ2) is 7.33. The number of aromatic nitrogens is 1. The van der Waals surface area contributed by atoms with Crippen LogP contribution in [0, 0.1) is 10.1 Å². The third-order valence-electron chi connectivity index (χ3n) is 4.01. The number of nitrogens with one attached hydrogen (secondary N) is 1. The van der Waals surface area contributed by atoms with Crippen LogP contribution >= 0.6 is 0 Å². The van der Waals surface area contributed by atoms with E-state index < -0.39 is 4.92 Å². The van der Waals surface area contributed by atoms with Gasteiger partial charge >= 0.3 is 0 Å².